The molecule has 16 heavy (non-hydrogen) atoms. The van der Waals surface area contributed by atoms with Crippen molar-refractivity contribution in [1.82, 2.24) is 0 Å². The number of carbonyl (C=O) groups is 2. The van der Waals surface area contributed by atoms with Gasteiger partial charge in [0.1, 0.15) is 18.6 Å². The van der Waals surface area contributed by atoms with Crippen LogP contribution in [0.25, 0.3) is 0 Å². The van der Waals surface area contributed by atoms with Crippen molar-refractivity contribution in [3.8, 4) is 5.75 Å². The van der Waals surface area contributed by atoms with Crippen molar-refractivity contribution in [1.29, 1.82) is 0 Å². The van der Waals surface area contributed by atoms with E-state index in [2.05, 4.69) is 0 Å². The fraction of sp³-hybridized carbons (Fsp3) is 0.333. The molecule has 2 aliphatic rings. The van der Waals surface area contributed by atoms with Crippen LogP contribution in [0.2, 0.25) is 0 Å². The highest BCUT2D eigenvalue weighted by Crippen LogP contribution is 2.38. The Morgan fingerprint density at radius 1 is 1.44 bits per heavy atom. The molecule has 1 fully saturated rings. The van der Waals surface area contributed by atoms with E-state index in [0.717, 1.165) is 18.4 Å². The van der Waals surface area contributed by atoms with Crippen molar-refractivity contribution in [3.63, 3.8) is 0 Å². The van der Waals surface area contributed by atoms with Crippen LogP contribution in [0, 0.1) is 0 Å². The molecule has 0 spiro atoms. The largest absolute Gasteiger partial charge is 0.489 e. The summed E-state index contributed by atoms with van der Waals surface area (Å²) in [5, 5.41) is 0. The van der Waals surface area contributed by atoms with Crippen LogP contribution >= 0.6 is 0 Å². The minimum atomic E-state index is 0.123. The van der Waals surface area contributed by atoms with E-state index in [1.807, 2.05) is 0 Å². The van der Waals surface area contributed by atoms with Crippen LogP contribution in [0.1, 0.15) is 23.2 Å². The molecule has 0 aromatic heterocycles. The molecular formula is C12H11NO3. The molecule has 0 unspecified atom stereocenters. The van der Waals surface area contributed by atoms with Crippen LogP contribution in [0.5, 0.6) is 5.75 Å². The Kier molecular flexibility index (Phi) is 1.96. The van der Waals surface area contributed by atoms with E-state index < -0.39 is 0 Å². The van der Waals surface area contributed by atoms with Gasteiger partial charge in [-0.1, -0.05) is 0 Å². The van der Waals surface area contributed by atoms with Gasteiger partial charge in [-0.3, -0.25) is 9.59 Å². The van der Waals surface area contributed by atoms with Gasteiger partial charge in [-0.25, -0.2) is 0 Å². The van der Waals surface area contributed by atoms with Crippen molar-refractivity contribution in [3.05, 3.63) is 23.8 Å². The topological polar surface area (TPSA) is 46.6 Å². The van der Waals surface area contributed by atoms with E-state index in [1.54, 1.807) is 23.1 Å². The van der Waals surface area contributed by atoms with E-state index in [-0.39, 0.29) is 11.9 Å². The highest BCUT2D eigenvalue weighted by atomic mass is 16.5. The summed E-state index contributed by atoms with van der Waals surface area (Å²) in [6, 6.07) is 5.31. The highest BCUT2D eigenvalue weighted by Gasteiger charge is 2.37. The lowest BCUT2D eigenvalue weighted by Crippen LogP contribution is -2.40. The molecule has 1 saturated heterocycles. The zero-order valence-corrected chi connectivity index (χ0v) is 8.68. The first-order chi connectivity index (χ1) is 7.79. The molecular weight excluding hydrogens is 206 g/mol. The Balaban J connectivity index is 2.11. The minimum absolute atomic E-state index is 0.123. The van der Waals surface area contributed by atoms with Gasteiger partial charge in [0.25, 0.3) is 0 Å². The number of hydrogen-bond donors (Lipinski definition) is 0. The number of nitrogens with zero attached hydrogens (tertiary/aromatic N) is 1. The summed E-state index contributed by atoms with van der Waals surface area (Å²) in [4.78, 5) is 24.2. The summed E-state index contributed by atoms with van der Waals surface area (Å²) in [7, 11) is 0. The highest BCUT2D eigenvalue weighted by molar-refractivity contribution is 5.99. The van der Waals surface area contributed by atoms with Crippen LogP contribution in [0.3, 0.4) is 0 Å². The number of aldehydes is 1. The lowest BCUT2D eigenvalue weighted by molar-refractivity contribution is -0.117. The first-order valence-corrected chi connectivity index (χ1v) is 5.33. The average molecular weight is 217 g/mol. The number of anilines is 1. The number of rotatable bonds is 1. The molecule has 4 nitrogen and oxygen atoms in total. The maximum atomic E-state index is 11.8. The Morgan fingerprint density at radius 2 is 2.31 bits per heavy atom. The number of fused-ring (bicyclic) bond motifs is 3. The molecule has 2 heterocycles. The van der Waals surface area contributed by atoms with E-state index in [4.69, 9.17) is 4.74 Å². The van der Waals surface area contributed by atoms with Gasteiger partial charge in [-0.15, -0.1) is 0 Å². The van der Waals surface area contributed by atoms with Crippen LogP contribution < -0.4 is 9.64 Å². The molecule has 0 bridgehead atoms. The summed E-state index contributed by atoms with van der Waals surface area (Å²) >= 11 is 0. The van der Waals surface area contributed by atoms with Gasteiger partial charge in [0.05, 0.1) is 11.7 Å². The minimum Gasteiger partial charge on any atom is -0.489 e. The van der Waals surface area contributed by atoms with E-state index in [1.165, 1.54) is 0 Å². The predicted molar refractivity (Wildman–Crippen MR) is 57.8 cm³/mol. The number of benzene rings is 1. The first kappa shape index (κ1) is 9.39. The lowest BCUT2D eigenvalue weighted by atomic mass is 10.1. The van der Waals surface area contributed by atoms with Gasteiger partial charge in [0.15, 0.2) is 0 Å². The molecule has 1 aromatic carbocycles. The number of ether oxygens (including phenoxy) is 1. The molecule has 1 atom stereocenters. The van der Waals surface area contributed by atoms with Crippen molar-refractivity contribution in [2.75, 3.05) is 11.5 Å². The monoisotopic (exact) mass is 217 g/mol. The van der Waals surface area contributed by atoms with Crippen LogP contribution in [0.4, 0.5) is 5.69 Å². The summed E-state index contributed by atoms with van der Waals surface area (Å²) in [6.45, 7) is 0.555. The quantitative estimate of drug-likeness (QED) is 0.668. The number of amides is 1. The third-order valence-corrected chi connectivity index (χ3v) is 3.14. The molecule has 0 N–H and O–H groups in total. The van der Waals surface area contributed by atoms with Crippen molar-refractivity contribution < 1.29 is 14.3 Å². The zero-order chi connectivity index (χ0) is 11.1. The molecule has 82 valence electrons. The van der Waals surface area contributed by atoms with Gasteiger partial charge in [-0.05, 0) is 24.6 Å². The van der Waals surface area contributed by atoms with E-state index in [9.17, 15) is 9.59 Å². The number of hydrogen-bond acceptors (Lipinski definition) is 3. The molecule has 0 radical (unpaired) electrons. The molecule has 1 aromatic rings. The Hall–Kier alpha value is -1.84. The maximum absolute atomic E-state index is 11.8. The standard InChI is InChI=1S/C12H11NO3/c14-6-8-1-3-11-10(5-8)13-9(7-16-11)2-4-12(13)15/h1,3,5-6,9H,2,4,7H2/t9-/m0/s1. The Bertz CT molecular complexity index is 469. The fourth-order valence-electron chi connectivity index (χ4n) is 2.34. The van der Waals surface area contributed by atoms with Crippen LogP contribution in [0.15, 0.2) is 18.2 Å². The van der Waals surface area contributed by atoms with E-state index >= 15 is 0 Å². The lowest BCUT2D eigenvalue weighted by Gasteiger charge is -2.32. The van der Waals surface area contributed by atoms with Crippen LogP contribution in [-0.2, 0) is 4.79 Å². The van der Waals surface area contributed by atoms with E-state index in [0.29, 0.717) is 24.3 Å². The molecule has 0 saturated carbocycles. The summed E-state index contributed by atoms with van der Waals surface area (Å²) < 4.78 is 5.58. The second-order valence-corrected chi connectivity index (χ2v) is 4.11. The third-order valence-electron chi connectivity index (χ3n) is 3.14. The summed E-state index contributed by atoms with van der Waals surface area (Å²) in [5.74, 6) is 0.815. The average Bonchev–Trinajstić information content (AvgIpc) is 2.71. The van der Waals surface area contributed by atoms with Crippen molar-refractivity contribution in [2.24, 2.45) is 0 Å². The Labute approximate surface area is 92.8 Å². The van der Waals surface area contributed by atoms with Gasteiger partial charge in [-0.2, -0.15) is 0 Å². The second kappa shape index (κ2) is 3.33. The Morgan fingerprint density at radius 3 is 3.12 bits per heavy atom. The molecule has 2 aliphatic heterocycles. The molecule has 0 aliphatic carbocycles. The second-order valence-electron chi connectivity index (χ2n) is 4.11. The zero-order valence-electron chi connectivity index (χ0n) is 8.68. The van der Waals surface area contributed by atoms with Crippen molar-refractivity contribution in [2.45, 2.75) is 18.9 Å². The predicted octanol–water partition coefficient (Wildman–Crippen LogP) is 1.39. The number of carbonyl (C=O) groups excluding carboxylic acids is 2. The van der Waals surface area contributed by atoms with Crippen molar-refractivity contribution >= 4 is 17.9 Å². The third kappa shape index (κ3) is 1.23. The molecule has 4 heteroatoms. The first-order valence-electron chi connectivity index (χ1n) is 5.33. The van der Waals surface area contributed by atoms with Gasteiger partial charge in [0, 0.05) is 12.0 Å². The molecule has 3 rings (SSSR count). The van der Waals surface area contributed by atoms with Gasteiger partial charge < -0.3 is 9.64 Å². The summed E-state index contributed by atoms with van der Waals surface area (Å²) in [6.07, 6.45) is 2.19. The van der Waals surface area contributed by atoms with Gasteiger partial charge in [0.2, 0.25) is 5.91 Å². The maximum Gasteiger partial charge on any atom is 0.227 e. The smallest absolute Gasteiger partial charge is 0.227 e. The summed E-state index contributed by atoms with van der Waals surface area (Å²) in [5.41, 5.74) is 1.31. The normalized spacial score (nSPS) is 22.4. The SMILES string of the molecule is O=Cc1ccc2c(c1)N1C(=O)CC[C@H]1CO2. The van der Waals surface area contributed by atoms with Gasteiger partial charge >= 0.3 is 0 Å². The fourth-order valence-corrected chi connectivity index (χ4v) is 2.34. The van der Waals surface area contributed by atoms with Crippen LogP contribution in [-0.4, -0.2) is 24.8 Å². The molecule has 1 amide bonds.